The normalized spacial score (nSPS) is 15.9. The van der Waals surface area contributed by atoms with E-state index in [-0.39, 0.29) is 24.1 Å². The van der Waals surface area contributed by atoms with Gasteiger partial charge in [0.15, 0.2) is 0 Å². The third-order valence-corrected chi connectivity index (χ3v) is 3.52. The third kappa shape index (κ3) is 2.37. The minimum absolute atomic E-state index is 0. The molecule has 1 aliphatic rings. The van der Waals surface area contributed by atoms with E-state index >= 15 is 0 Å². The predicted molar refractivity (Wildman–Crippen MR) is 75.7 cm³/mol. The second-order valence-corrected chi connectivity index (χ2v) is 4.63. The molecule has 0 radical (unpaired) electrons. The van der Waals surface area contributed by atoms with Crippen LogP contribution in [0.15, 0.2) is 23.0 Å². The molecule has 0 aliphatic carbocycles. The van der Waals surface area contributed by atoms with Crippen molar-refractivity contribution in [2.75, 3.05) is 13.1 Å². The first-order chi connectivity index (χ1) is 8.79. The summed E-state index contributed by atoms with van der Waals surface area (Å²) in [6.07, 6.45) is 1.93. The van der Waals surface area contributed by atoms with Crippen molar-refractivity contribution in [1.82, 2.24) is 14.9 Å². The molecule has 1 aromatic heterocycles. The summed E-state index contributed by atoms with van der Waals surface area (Å²) in [6.45, 7) is 1.89. The van der Waals surface area contributed by atoms with Gasteiger partial charge < -0.3 is 10.3 Å². The molecular weight excluding hydrogens is 264 g/mol. The SMILES string of the molecule is Cl.N#Cc1ccc2c(c1)[nH]c(=O)n2C1CCNCC1. The number of nitrogens with one attached hydrogen (secondary N) is 2. The van der Waals surface area contributed by atoms with E-state index in [0.29, 0.717) is 5.56 Å². The summed E-state index contributed by atoms with van der Waals surface area (Å²) in [4.78, 5) is 14.9. The Morgan fingerprint density at radius 3 is 2.74 bits per heavy atom. The lowest BCUT2D eigenvalue weighted by Crippen LogP contribution is -2.33. The smallest absolute Gasteiger partial charge is 0.317 e. The number of hydrogen-bond acceptors (Lipinski definition) is 3. The van der Waals surface area contributed by atoms with Gasteiger partial charge >= 0.3 is 5.69 Å². The van der Waals surface area contributed by atoms with Crippen LogP contribution in [-0.2, 0) is 0 Å². The van der Waals surface area contributed by atoms with Gasteiger partial charge in [-0.05, 0) is 44.1 Å². The van der Waals surface area contributed by atoms with Crippen molar-refractivity contribution in [2.24, 2.45) is 0 Å². The number of imidazole rings is 1. The molecule has 100 valence electrons. The van der Waals surface area contributed by atoms with Gasteiger partial charge in [-0.2, -0.15) is 5.26 Å². The van der Waals surface area contributed by atoms with Crippen molar-refractivity contribution in [1.29, 1.82) is 5.26 Å². The molecule has 0 bridgehead atoms. The van der Waals surface area contributed by atoms with Gasteiger partial charge in [0, 0.05) is 6.04 Å². The van der Waals surface area contributed by atoms with Gasteiger partial charge in [0.1, 0.15) is 0 Å². The molecule has 5 nitrogen and oxygen atoms in total. The Morgan fingerprint density at radius 1 is 1.32 bits per heavy atom. The van der Waals surface area contributed by atoms with Gasteiger partial charge in [-0.15, -0.1) is 12.4 Å². The van der Waals surface area contributed by atoms with Crippen molar-refractivity contribution >= 4 is 23.4 Å². The van der Waals surface area contributed by atoms with E-state index in [2.05, 4.69) is 16.4 Å². The Bertz CT molecular complexity index is 676. The summed E-state index contributed by atoms with van der Waals surface area (Å²) in [7, 11) is 0. The zero-order valence-corrected chi connectivity index (χ0v) is 11.2. The molecule has 6 heteroatoms. The molecule has 1 saturated heterocycles. The van der Waals surface area contributed by atoms with Crippen LogP contribution in [0.1, 0.15) is 24.4 Å². The summed E-state index contributed by atoms with van der Waals surface area (Å²) in [5.41, 5.74) is 2.14. The number of H-pyrrole nitrogens is 1. The van der Waals surface area contributed by atoms with Gasteiger partial charge in [-0.1, -0.05) is 0 Å². The Kier molecular flexibility index (Phi) is 3.93. The average Bonchev–Trinajstić information content (AvgIpc) is 2.74. The molecule has 0 spiro atoms. The molecule has 2 heterocycles. The largest absolute Gasteiger partial charge is 0.326 e. The fourth-order valence-electron chi connectivity index (χ4n) is 2.63. The van der Waals surface area contributed by atoms with Crippen molar-refractivity contribution < 1.29 is 0 Å². The molecule has 0 amide bonds. The van der Waals surface area contributed by atoms with Gasteiger partial charge in [0.05, 0.1) is 22.7 Å². The van der Waals surface area contributed by atoms with E-state index in [9.17, 15) is 4.79 Å². The van der Waals surface area contributed by atoms with Crippen LogP contribution in [0, 0.1) is 11.3 Å². The van der Waals surface area contributed by atoms with E-state index in [1.54, 1.807) is 12.1 Å². The Hall–Kier alpha value is -1.77. The third-order valence-electron chi connectivity index (χ3n) is 3.52. The van der Waals surface area contributed by atoms with Crippen LogP contribution in [0.3, 0.4) is 0 Å². The van der Waals surface area contributed by atoms with E-state index in [0.717, 1.165) is 37.0 Å². The van der Waals surface area contributed by atoms with Crippen LogP contribution in [0.2, 0.25) is 0 Å². The molecule has 0 saturated carbocycles. The monoisotopic (exact) mass is 278 g/mol. The average molecular weight is 279 g/mol. The summed E-state index contributed by atoms with van der Waals surface area (Å²) in [6, 6.07) is 7.68. The van der Waals surface area contributed by atoms with E-state index in [4.69, 9.17) is 5.26 Å². The van der Waals surface area contributed by atoms with Crippen LogP contribution in [0.5, 0.6) is 0 Å². The molecule has 1 aliphatic heterocycles. The fraction of sp³-hybridized carbons (Fsp3) is 0.385. The summed E-state index contributed by atoms with van der Waals surface area (Å²) in [5.74, 6) is 0. The van der Waals surface area contributed by atoms with Crippen LogP contribution in [0.25, 0.3) is 11.0 Å². The number of nitriles is 1. The number of halogens is 1. The quantitative estimate of drug-likeness (QED) is 0.831. The number of rotatable bonds is 1. The molecule has 3 rings (SSSR count). The second-order valence-electron chi connectivity index (χ2n) is 4.63. The molecule has 2 N–H and O–H groups in total. The van der Waals surface area contributed by atoms with Crippen molar-refractivity contribution in [3.8, 4) is 6.07 Å². The van der Waals surface area contributed by atoms with Crippen LogP contribution < -0.4 is 11.0 Å². The van der Waals surface area contributed by atoms with Crippen molar-refractivity contribution in [3.63, 3.8) is 0 Å². The first-order valence-electron chi connectivity index (χ1n) is 6.14. The minimum Gasteiger partial charge on any atom is -0.317 e. The number of nitrogens with zero attached hydrogens (tertiary/aromatic N) is 2. The molecule has 0 unspecified atom stereocenters. The Labute approximate surface area is 116 Å². The topological polar surface area (TPSA) is 73.6 Å². The van der Waals surface area contributed by atoms with Crippen molar-refractivity contribution in [3.05, 3.63) is 34.2 Å². The highest BCUT2D eigenvalue weighted by atomic mass is 35.5. The van der Waals surface area contributed by atoms with Gasteiger partial charge in [-0.25, -0.2) is 4.79 Å². The van der Waals surface area contributed by atoms with Crippen LogP contribution in [-0.4, -0.2) is 22.6 Å². The van der Waals surface area contributed by atoms with Crippen molar-refractivity contribution in [2.45, 2.75) is 18.9 Å². The Morgan fingerprint density at radius 2 is 2.05 bits per heavy atom. The van der Waals surface area contributed by atoms with Crippen LogP contribution in [0.4, 0.5) is 0 Å². The lowest BCUT2D eigenvalue weighted by Gasteiger charge is -2.23. The lowest BCUT2D eigenvalue weighted by atomic mass is 10.1. The number of aromatic amines is 1. The zero-order valence-electron chi connectivity index (χ0n) is 10.3. The first kappa shape index (κ1) is 13.7. The molecular formula is C13H15ClN4O. The van der Waals surface area contributed by atoms with Gasteiger partial charge in [0.2, 0.25) is 0 Å². The highest BCUT2D eigenvalue weighted by Crippen LogP contribution is 2.22. The predicted octanol–water partition coefficient (Wildman–Crippen LogP) is 1.55. The van der Waals surface area contributed by atoms with Gasteiger partial charge in [-0.3, -0.25) is 4.57 Å². The summed E-state index contributed by atoms with van der Waals surface area (Å²) < 4.78 is 1.83. The highest BCUT2D eigenvalue weighted by molar-refractivity contribution is 5.85. The number of fused-ring (bicyclic) bond motifs is 1. The highest BCUT2D eigenvalue weighted by Gasteiger charge is 2.19. The maximum atomic E-state index is 12.0. The van der Waals surface area contributed by atoms with E-state index < -0.39 is 0 Å². The number of hydrogen-bond donors (Lipinski definition) is 2. The molecule has 1 aromatic carbocycles. The number of aromatic nitrogens is 2. The molecule has 19 heavy (non-hydrogen) atoms. The number of benzene rings is 1. The summed E-state index contributed by atoms with van der Waals surface area (Å²) >= 11 is 0. The maximum absolute atomic E-state index is 12.0. The molecule has 2 aromatic rings. The zero-order chi connectivity index (χ0) is 12.5. The van der Waals surface area contributed by atoms with Gasteiger partial charge in [0.25, 0.3) is 0 Å². The first-order valence-corrected chi connectivity index (χ1v) is 6.14. The van der Waals surface area contributed by atoms with E-state index in [1.165, 1.54) is 0 Å². The molecule has 0 atom stereocenters. The fourth-order valence-corrected chi connectivity index (χ4v) is 2.63. The standard InChI is InChI=1S/C13H14N4O.ClH/c14-8-9-1-2-12-11(7-9)16-13(18)17(12)10-3-5-15-6-4-10;/h1-2,7,10,15H,3-6H2,(H,16,18);1H. The Balaban J connectivity index is 0.00000133. The second kappa shape index (κ2) is 5.47. The lowest BCUT2D eigenvalue weighted by molar-refractivity contribution is 0.368. The van der Waals surface area contributed by atoms with Crippen LogP contribution >= 0.6 is 12.4 Å². The maximum Gasteiger partial charge on any atom is 0.326 e. The number of piperidine rings is 1. The summed E-state index contributed by atoms with van der Waals surface area (Å²) in [5, 5.41) is 12.2. The minimum atomic E-state index is -0.0769. The molecule has 1 fully saturated rings. The van der Waals surface area contributed by atoms with E-state index in [1.807, 2.05) is 10.6 Å².